The van der Waals surface area contributed by atoms with E-state index in [-0.39, 0.29) is 24.8 Å². The smallest absolute Gasteiger partial charge is 0.245 e. The summed E-state index contributed by atoms with van der Waals surface area (Å²) in [4.78, 5) is 17.3. The van der Waals surface area contributed by atoms with Gasteiger partial charge in [-0.15, -0.1) is 10.2 Å². The predicted octanol–water partition coefficient (Wildman–Crippen LogP) is 0.402. The Balaban J connectivity index is 1.84. The van der Waals surface area contributed by atoms with Gasteiger partial charge in [0.1, 0.15) is 24.1 Å². The number of ether oxygens (including phenoxy) is 5. The van der Waals surface area contributed by atoms with Crippen molar-refractivity contribution in [1.82, 2.24) is 39.4 Å². The predicted molar refractivity (Wildman–Crippen MR) is 128 cm³/mol. The minimum atomic E-state index is -2.27. The first-order valence-corrected chi connectivity index (χ1v) is 12.4. The number of nitrogens with zero attached hydrogens (tertiary/aromatic N) is 7. The summed E-state index contributed by atoms with van der Waals surface area (Å²) in [7, 11) is 4.47. The zero-order chi connectivity index (χ0) is 26.4. The topological polar surface area (TPSA) is 178 Å². The number of methoxy groups -OCH3 is 3. The zero-order valence-electron chi connectivity index (χ0n) is 20.7. The highest BCUT2D eigenvalue weighted by atomic mass is 32.2. The van der Waals surface area contributed by atoms with Crippen LogP contribution in [0.5, 0.6) is 17.5 Å². The second-order valence-corrected chi connectivity index (χ2v) is 8.67. The van der Waals surface area contributed by atoms with Gasteiger partial charge in [-0.1, -0.05) is 0 Å². The molecule has 37 heavy (non-hydrogen) atoms. The monoisotopic (exact) mass is 536 g/mol. The molecule has 1 aliphatic heterocycles. The molecular formula is C21H28N8O7S. The highest BCUT2D eigenvalue weighted by Gasteiger charge is 2.33. The average Bonchev–Trinajstić information content (AvgIpc) is 3.34. The van der Waals surface area contributed by atoms with E-state index in [9.17, 15) is 8.76 Å². The molecule has 4 heterocycles. The van der Waals surface area contributed by atoms with E-state index in [4.69, 9.17) is 23.7 Å². The summed E-state index contributed by atoms with van der Waals surface area (Å²) in [6.07, 6.45) is 4.04. The Labute approximate surface area is 215 Å². The molecular weight excluding hydrogens is 508 g/mol. The molecule has 1 unspecified atom stereocenters. The highest BCUT2D eigenvalue weighted by molar-refractivity contribution is 7.77. The van der Waals surface area contributed by atoms with E-state index in [0.717, 1.165) is 0 Å². The van der Waals surface area contributed by atoms with Crippen molar-refractivity contribution in [3.05, 3.63) is 36.2 Å². The van der Waals surface area contributed by atoms with Crippen LogP contribution in [0.2, 0.25) is 0 Å². The lowest BCUT2D eigenvalue weighted by molar-refractivity contribution is -0.0942. The van der Waals surface area contributed by atoms with Crippen LogP contribution >= 0.6 is 0 Å². The van der Waals surface area contributed by atoms with Crippen molar-refractivity contribution >= 4 is 11.3 Å². The van der Waals surface area contributed by atoms with Crippen molar-refractivity contribution in [2.45, 2.75) is 31.4 Å². The third-order valence-electron chi connectivity index (χ3n) is 5.73. The molecule has 200 valence electrons. The minimum absolute atomic E-state index is 0.194. The standard InChI is InChI=1S/C21H28N8O7S/c1-12(28-37(30)31)14(18-22-8-13(32-2)9-23-18)7-16-26-27-19(15-10-35-5-6-36-15)29(16)17-20(33-3)24-11-25-21(17)34-4/h8-9,11-12,14-15,28H,5-7,10H2,1-4H3,(H,30,31)/t12-,14-,15+/m1/s1. The molecule has 0 radical (unpaired) electrons. The van der Waals surface area contributed by atoms with E-state index in [2.05, 4.69) is 34.9 Å². The fourth-order valence-corrected chi connectivity index (χ4v) is 4.42. The van der Waals surface area contributed by atoms with Gasteiger partial charge in [0.2, 0.25) is 23.0 Å². The van der Waals surface area contributed by atoms with E-state index < -0.39 is 29.3 Å². The summed E-state index contributed by atoms with van der Waals surface area (Å²) >= 11 is -2.27. The molecule has 0 aliphatic carbocycles. The Kier molecular flexibility index (Phi) is 8.88. The largest absolute Gasteiger partial charge is 0.494 e. The van der Waals surface area contributed by atoms with E-state index in [1.165, 1.54) is 40.1 Å². The Morgan fingerprint density at radius 1 is 1.11 bits per heavy atom. The first kappa shape index (κ1) is 26.7. The van der Waals surface area contributed by atoms with Crippen LogP contribution in [0, 0.1) is 0 Å². The molecule has 16 heteroatoms. The van der Waals surface area contributed by atoms with Crippen LogP contribution in [0.25, 0.3) is 5.69 Å². The maximum absolute atomic E-state index is 11.6. The third kappa shape index (κ3) is 5.99. The lowest BCUT2D eigenvalue weighted by Gasteiger charge is -2.25. The average molecular weight is 537 g/mol. The van der Waals surface area contributed by atoms with Crippen LogP contribution in [-0.2, 0) is 27.2 Å². The minimum Gasteiger partial charge on any atom is -0.494 e. The number of rotatable bonds is 11. The SMILES string of the molecule is COc1cnc([C@H](Cc2nnc([C@@H]3COCCO3)n2-c2c(OC)ncnc2OC)[C@@H](C)NS(=O)O)nc1. The van der Waals surface area contributed by atoms with Crippen molar-refractivity contribution in [1.29, 1.82) is 0 Å². The Hall–Kier alpha value is -3.31. The number of aromatic nitrogens is 7. The molecule has 0 amide bonds. The van der Waals surface area contributed by atoms with Gasteiger partial charge < -0.3 is 23.7 Å². The molecule has 3 aromatic rings. The van der Waals surface area contributed by atoms with E-state index in [1.54, 1.807) is 11.5 Å². The Morgan fingerprint density at radius 3 is 2.38 bits per heavy atom. The van der Waals surface area contributed by atoms with Crippen molar-refractivity contribution in [2.75, 3.05) is 41.2 Å². The molecule has 1 fully saturated rings. The second kappa shape index (κ2) is 12.3. The lowest BCUT2D eigenvalue weighted by atomic mass is 9.96. The van der Waals surface area contributed by atoms with Gasteiger partial charge in [-0.05, 0) is 6.92 Å². The van der Waals surface area contributed by atoms with Crippen LogP contribution in [0.4, 0.5) is 0 Å². The van der Waals surface area contributed by atoms with Gasteiger partial charge in [0.25, 0.3) is 0 Å². The maximum Gasteiger partial charge on any atom is 0.245 e. The molecule has 0 spiro atoms. The van der Waals surface area contributed by atoms with Crippen LogP contribution in [0.15, 0.2) is 18.7 Å². The summed E-state index contributed by atoms with van der Waals surface area (Å²) in [5.41, 5.74) is 0.373. The van der Waals surface area contributed by atoms with Crippen LogP contribution in [0.1, 0.15) is 36.4 Å². The second-order valence-electron chi connectivity index (χ2n) is 7.93. The van der Waals surface area contributed by atoms with Crippen LogP contribution in [0.3, 0.4) is 0 Å². The number of hydrogen-bond donors (Lipinski definition) is 2. The van der Waals surface area contributed by atoms with Crippen LogP contribution < -0.4 is 18.9 Å². The van der Waals surface area contributed by atoms with Gasteiger partial charge in [0.05, 0.1) is 53.5 Å². The van der Waals surface area contributed by atoms with Crippen molar-refractivity contribution in [3.63, 3.8) is 0 Å². The molecule has 0 bridgehead atoms. The fraction of sp³-hybridized carbons (Fsp3) is 0.524. The maximum atomic E-state index is 11.6. The third-order valence-corrected chi connectivity index (χ3v) is 6.31. The van der Waals surface area contributed by atoms with Gasteiger partial charge in [-0.3, -0.25) is 9.12 Å². The van der Waals surface area contributed by atoms with Crippen molar-refractivity contribution < 1.29 is 32.4 Å². The van der Waals surface area contributed by atoms with Gasteiger partial charge in [0.15, 0.2) is 17.3 Å². The van der Waals surface area contributed by atoms with E-state index in [0.29, 0.717) is 42.1 Å². The molecule has 1 aliphatic rings. The molecule has 0 aromatic carbocycles. The summed E-state index contributed by atoms with van der Waals surface area (Å²) in [5, 5.41) is 8.86. The normalized spacial score (nSPS) is 18.1. The summed E-state index contributed by atoms with van der Waals surface area (Å²) < 4.78 is 53.1. The summed E-state index contributed by atoms with van der Waals surface area (Å²) in [6.45, 7) is 2.87. The van der Waals surface area contributed by atoms with Gasteiger partial charge in [-0.2, -0.15) is 9.97 Å². The van der Waals surface area contributed by atoms with E-state index in [1.807, 2.05) is 0 Å². The van der Waals surface area contributed by atoms with Crippen molar-refractivity contribution in [2.24, 2.45) is 0 Å². The van der Waals surface area contributed by atoms with Gasteiger partial charge in [-0.25, -0.2) is 18.9 Å². The highest BCUT2D eigenvalue weighted by Crippen LogP contribution is 2.34. The Morgan fingerprint density at radius 2 is 1.81 bits per heavy atom. The molecule has 4 rings (SSSR count). The first-order valence-electron chi connectivity index (χ1n) is 11.3. The fourth-order valence-electron chi connectivity index (χ4n) is 3.94. The lowest BCUT2D eigenvalue weighted by Crippen LogP contribution is -2.35. The van der Waals surface area contributed by atoms with E-state index >= 15 is 0 Å². The molecule has 3 aromatic heterocycles. The summed E-state index contributed by atoms with van der Waals surface area (Å²) in [6, 6.07) is -0.544. The molecule has 4 atom stereocenters. The molecule has 15 nitrogen and oxygen atoms in total. The zero-order valence-corrected chi connectivity index (χ0v) is 21.5. The number of hydrogen-bond acceptors (Lipinski definition) is 12. The molecule has 1 saturated heterocycles. The quantitative estimate of drug-likeness (QED) is 0.322. The van der Waals surface area contributed by atoms with Crippen LogP contribution in [-0.4, -0.2) is 90.7 Å². The summed E-state index contributed by atoms with van der Waals surface area (Å²) in [5.74, 6) is 1.70. The molecule has 2 N–H and O–H groups in total. The van der Waals surface area contributed by atoms with Crippen molar-refractivity contribution in [3.8, 4) is 23.2 Å². The van der Waals surface area contributed by atoms with Gasteiger partial charge >= 0.3 is 0 Å². The van der Waals surface area contributed by atoms with Gasteiger partial charge in [0, 0.05) is 18.4 Å². The Bertz CT molecular complexity index is 1180. The number of nitrogens with one attached hydrogen (secondary N) is 1. The molecule has 0 saturated carbocycles. The first-order chi connectivity index (χ1) is 18.0.